The molecule has 6 nitrogen and oxygen atoms in total. The van der Waals surface area contributed by atoms with Gasteiger partial charge in [0.25, 0.3) is 0 Å². The average Bonchev–Trinajstić information content (AvgIpc) is 2.71. The first kappa shape index (κ1) is 15.9. The zero-order valence-electron chi connectivity index (χ0n) is 10.7. The van der Waals surface area contributed by atoms with E-state index in [1.807, 2.05) is 0 Å². The Balaban J connectivity index is 2.16. The van der Waals surface area contributed by atoms with Crippen LogP contribution in [0.15, 0.2) is 14.7 Å². The highest BCUT2D eigenvalue weighted by Gasteiger charge is 2.38. The third-order valence-corrected chi connectivity index (χ3v) is 7.08. The minimum Gasteiger partial charge on any atom is -0.477 e. The van der Waals surface area contributed by atoms with Crippen molar-refractivity contribution >= 4 is 43.3 Å². The van der Waals surface area contributed by atoms with Crippen molar-refractivity contribution in [3.05, 3.63) is 14.7 Å². The molecule has 1 aliphatic rings. The first-order valence-electron chi connectivity index (χ1n) is 5.87. The number of hydrogen-bond donors (Lipinski definition) is 2. The summed E-state index contributed by atoms with van der Waals surface area (Å²) in [4.78, 5) is 10.8. The quantitative estimate of drug-likeness (QED) is 0.783. The predicted octanol–water partition coefficient (Wildman–Crippen LogP) is 2.06. The van der Waals surface area contributed by atoms with Crippen molar-refractivity contribution in [3.8, 4) is 0 Å². The molecule has 9 heteroatoms. The average molecular weight is 384 g/mol. The molecule has 0 spiro atoms. The van der Waals surface area contributed by atoms with E-state index in [2.05, 4.69) is 20.7 Å². The van der Waals surface area contributed by atoms with Gasteiger partial charge in [0.15, 0.2) is 0 Å². The van der Waals surface area contributed by atoms with Crippen molar-refractivity contribution in [2.24, 2.45) is 0 Å². The molecule has 2 N–H and O–H groups in total. The lowest BCUT2D eigenvalue weighted by Crippen LogP contribution is -2.49. The van der Waals surface area contributed by atoms with Crippen LogP contribution in [-0.2, 0) is 14.8 Å². The Morgan fingerprint density at radius 1 is 1.60 bits per heavy atom. The Labute approximate surface area is 129 Å². The molecule has 0 aliphatic heterocycles. The van der Waals surface area contributed by atoms with Gasteiger partial charge in [-0.05, 0) is 41.3 Å². The number of aromatic carboxylic acids is 1. The second kappa shape index (κ2) is 5.72. The number of carbonyl (C=O) groups is 1. The number of methoxy groups -OCH3 is 1. The molecule has 20 heavy (non-hydrogen) atoms. The second-order valence-electron chi connectivity index (χ2n) is 4.62. The molecule has 1 aromatic heterocycles. The molecule has 0 atom stereocenters. The third-order valence-electron chi connectivity index (χ3n) is 3.44. The molecule has 0 aromatic carbocycles. The van der Waals surface area contributed by atoms with Gasteiger partial charge in [-0.3, -0.25) is 0 Å². The Bertz CT molecular complexity index is 615. The van der Waals surface area contributed by atoms with Gasteiger partial charge in [-0.25, -0.2) is 17.9 Å². The summed E-state index contributed by atoms with van der Waals surface area (Å²) in [6, 6.07) is 1.15. The van der Waals surface area contributed by atoms with Crippen LogP contribution >= 0.6 is 27.3 Å². The van der Waals surface area contributed by atoms with E-state index in [4.69, 9.17) is 9.84 Å². The highest BCUT2D eigenvalue weighted by molar-refractivity contribution is 9.11. The zero-order chi connectivity index (χ0) is 15.0. The normalized spacial score (nSPS) is 17.7. The maximum atomic E-state index is 12.2. The molecule has 0 unspecified atom stereocenters. The number of sulfonamides is 1. The van der Waals surface area contributed by atoms with Crippen LogP contribution in [0, 0.1) is 0 Å². The van der Waals surface area contributed by atoms with E-state index in [0.29, 0.717) is 0 Å². The molecule has 0 amide bonds. The molecule has 1 aliphatic carbocycles. The number of hydrogen-bond acceptors (Lipinski definition) is 5. The van der Waals surface area contributed by atoms with Crippen LogP contribution in [0.1, 0.15) is 28.9 Å². The van der Waals surface area contributed by atoms with Gasteiger partial charge in [0.2, 0.25) is 10.0 Å². The van der Waals surface area contributed by atoms with Gasteiger partial charge in [0.05, 0.1) is 9.39 Å². The lowest BCUT2D eigenvalue weighted by molar-refractivity contribution is -0.0659. The van der Waals surface area contributed by atoms with E-state index < -0.39 is 21.6 Å². The number of ether oxygens (including phenoxy) is 1. The topological polar surface area (TPSA) is 92.7 Å². The maximum Gasteiger partial charge on any atom is 0.345 e. The molecule has 1 saturated carbocycles. The van der Waals surface area contributed by atoms with Crippen LogP contribution in [0.2, 0.25) is 0 Å². The van der Waals surface area contributed by atoms with Crippen molar-refractivity contribution in [3.63, 3.8) is 0 Å². The number of carboxylic acids is 1. The highest BCUT2D eigenvalue weighted by atomic mass is 79.9. The Hall–Kier alpha value is -0.480. The summed E-state index contributed by atoms with van der Waals surface area (Å²) in [5.41, 5.74) is -0.425. The minimum absolute atomic E-state index is 0.0256. The summed E-state index contributed by atoms with van der Waals surface area (Å²) in [6.07, 6.45) is 2.65. The molecule has 1 aromatic rings. The number of nitrogens with one attached hydrogen (secondary N) is 1. The molecule has 1 fully saturated rings. The molecule has 0 saturated heterocycles. The van der Waals surface area contributed by atoms with Gasteiger partial charge in [-0.2, -0.15) is 0 Å². The first-order chi connectivity index (χ1) is 9.30. The van der Waals surface area contributed by atoms with Gasteiger partial charge in [0, 0.05) is 13.7 Å². The minimum atomic E-state index is -3.75. The van der Waals surface area contributed by atoms with Gasteiger partial charge in [-0.1, -0.05) is 0 Å². The summed E-state index contributed by atoms with van der Waals surface area (Å²) in [5, 5.41) is 8.89. The van der Waals surface area contributed by atoms with Gasteiger partial charge >= 0.3 is 5.97 Å². The molecule has 0 radical (unpaired) electrons. The van der Waals surface area contributed by atoms with E-state index in [9.17, 15) is 13.2 Å². The fourth-order valence-corrected chi connectivity index (χ4v) is 5.48. The first-order valence-corrected chi connectivity index (χ1v) is 8.96. The SMILES string of the molecule is COC1(CNS(=O)(=O)c2cc(C(=O)O)sc2Br)CCC1. The number of carboxylic acid groups (broad SMARTS) is 1. The van der Waals surface area contributed by atoms with Gasteiger partial charge in [-0.15, -0.1) is 11.3 Å². The molecule has 0 bridgehead atoms. The summed E-state index contributed by atoms with van der Waals surface area (Å²) >= 11 is 3.97. The fourth-order valence-electron chi connectivity index (χ4n) is 1.97. The van der Waals surface area contributed by atoms with Crippen molar-refractivity contribution in [1.29, 1.82) is 0 Å². The van der Waals surface area contributed by atoms with E-state index in [1.54, 1.807) is 7.11 Å². The van der Waals surface area contributed by atoms with Crippen molar-refractivity contribution in [1.82, 2.24) is 4.72 Å². The fraction of sp³-hybridized carbons (Fsp3) is 0.545. The lowest BCUT2D eigenvalue weighted by Gasteiger charge is -2.40. The molecule has 112 valence electrons. The van der Waals surface area contributed by atoms with Crippen molar-refractivity contribution in [2.45, 2.75) is 29.8 Å². The predicted molar refractivity (Wildman–Crippen MR) is 77.8 cm³/mol. The van der Waals surface area contributed by atoms with E-state index in [-0.39, 0.29) is 20.1 Å². The third kappa shape index (κ3) is 3.06. The Kier molecular flexibility index (Phi) is 4.55. The lowest BCUT2D eigenvalue weighted by atomic mass is 9.80. The monoisotopic (exact) mass is 383 g/mol. The maximum absolute atomic E-state index is 12.2. The summed E-state index contributed by atoms with van der Waals surface area (Å²) in [5.74, 6) is -1.15. The van der Waals surface area contributed by atoms with Crippen LogP contribution in [0.3, 0.4) is 0 Å². The molecule has 1 heterocycles. The molecular weight excluding hydrogens is 370 g/mol. The van der Waals surface area contributed by atoms with Crippen LogP contribution < -0.4 is 4.72 Å². The van der Waals surface area contributed by atoms with E-state index >= 15 is 0 Å². The van der Waals surface area contributed by atoms with Crippen LogP contribution in [0.4, 0.5) is 0 Å². The van der Waals surface area contributed by atoms with E-state index in [0.717, 1.165) is 36.7 Å². The molecule has 2 rings (SSSR count). The molecular formula is C11H14BrNO5S2. The number of rotatable bonds is 6. The summed E-state index contributed by atoms with van der Waals surface area (Å²) in [7, 11) is -2.19. The highest BCUT2D eigenvalue weighted by Crippen LogP contribution is 2.35. The van der Waals surface area contributed by atoms with Crippen LogP contribution in [0.5, 0.6) is 0 Å². The number of thiophene rings is 1. The zero-order valence-corrected chi connectivity index (χ0v) is 13.9. The van der Waals surface area contributed by atoms with Crippen LogP contribution in [0.25, 0.3) is 0 Å². The largest absolute Gasteiger partial charge is 0.477 e. The van der Waals surface area contributed by atoms with Gasteiger partial charge < -0.3 is 9.84 Å². The second-order valence-corrected chi connectivity index (χ2v) is 8.72. The smallest absolute Gasteiger partial charge is 0.345 e. The van der Waals surface area contributed by atoms with E-state index in [1.165, 1.54) is 0 Å². The van der Waals surface area contributed by atoms with Crippen molar-refractivity contribution < 1.29 is 23.1 Å². The Morgan fingerprint density at radius 3 is 2.65 bits per heavy atom. The standard InChI is InChI=1S/C11H14BrNO5S2/c1-18-11(3-2-4-11)6-13-20(16,17)8-5-7(10(14)15)19-9(8)12/h5,13H,2-4,6H2,1H3,(H,14,15). The summed E-state index contributed by atoms with van der Waals surface area (Å²) in [6.45, 7) is 0.191. The van der Waals surface area contributed by atoms with Crippen molar-refractivity contribution in [2.75, 3.05) is 13.7 Å². The van der Waals surface area contributed by atoms with Crippen LogP contribution in [-0.4, -0.2) is 38.7 Å². The van der Waals surface area contributed by atoms with Gasteiger partial charge in [0.1, 0.15) is 9.77 Å². The Morgan fingerprint density at radius 2 is 2.25 bits per heavy atom. The summed E-state index contributed by atoms with van der Waals surface area (Å²) < 4.78 is 32.5. The number of halogens is 1.